The zero-order valence-electron chi connectivity index (χ0n) is 8.86. The maximum Gasteiger partial charge on any atom is 0.171 e. The number of nitrogens with zero attached hydrogens (tertiary/aromatic N) is 2. The van der Waals surface area contributed by atoms with E-state index in [1.807, 2.05) is 24.9 Å². The smallest absolute Gasteiger partial charge is 0.171 e. The van der Waals surface area contributed by atoms with Crippen LogP contribution in [0.15, 0.2) is 17.5 Å². The molecule has 1 N–H and O–H groups in total. The molecule has 3 nitrogen and oxygen atoms in total. The summed E-state index contributed by atoms with van der Waals surface area (Å²) in [5.41, 5.74) is 2.46. The summed E-state index contributed by atoms with van der Waals surface area (Å²) in [4.78, 5) is 10.4. The van der Waals surface area contributed by atoms with Gasteiger partial charge in [-0.1, -0.05) is 6.07 Å². The molecule has 0 aromatic carbocycles. The molecule has 2 aromatic heterocycles. The van der Waals surface area contributed by atoms with Crippen molar-refractivity contribution in [3.63, 3.8) is 0 Å². The van der Waals surface area contributed by atoms with Gasteiger partial charge in [-0.15, -0.1) is 11.3 Å². The topological polar surface area (TPSA) is 37.8 Å². The van der Waals surface area contributed by atoms with Crippen molar-refractivity contribution < 1.29 is 0 Å². The van der Waals surface area contributed by atoms with Gasteiger partial charge in [-0.2, -0.15) is 11.8 Å². The van der Waals surface area contributed by atoms with Crippen molar-refractivity contribution >= 4 is 28.9 Å². The summed E-state index contributed by atoms with van der Waals surface area (Å²) in [7, 11) is 1.92. The van der Waals surface area contributed by atoms with Crippen LogP contribution in [0, 0.1) is 0 Å². The molecule has 0 atom stereocenters. The number of aromatic nitrogens is 2. The first-order valence-electron chi connectivity index (χ1n) is 5.07. The summed E-state index contributed by atoms with van der Waals surface area (Å²) in [5.74, 6) is 3.86. The number of rotatable bonds is 2. The SMILES string of the molecule is CNc1nc(-c2cccs2)nc2c1CSC2. The van der Waals surface area contributed by atoms with Crippen LogP contribution >= 0.6 is 23.1 Å². The van der Waals surface area contributed by atoms with E-state index >= 15 is 0 Å². The Morgan fingerprint density at radius 2 is 2.25 bits per heavy atom. The fourth-order valence-electron chi connectivity index (χ4n) is 1.77. The molecule has 0 fully saturated rings. The van der Waals surface area contributed by atoms with Gasteiger partial charge in [0.2, 0.25) is 0 Å². The van der Waals surface area contributed by atoms with Crippen LogP contribution in [-0.4, -0.2) is 17.0 Å². The second-order valence-corrected chi connectivity index (χ2v) is 5.47. The van der Waals surface area contributed by atoms with E-state index in [1.165, 1.54) is 11.3 Å². The van der Waals surface area contributed by atoms with Crippen LogP contribution < -0.4 is 5.32 Å². The molecule has 82 valence electrons. The molecule has 5 heteroatoms. The highest BCUT2D eigenvalue weighted by atomic mass is 32.2. The average molecular weight is 249 g/mol. The van der Waals surface area contributed by atoms with Crippen molar-refractivity contribution in [2.75, 3.05) is 12.4 Å². The Hall–Kier alpha value is -1.07. The van der Waals surface area contributed by atoms with Gasteiger partial charge in [0.05, 0.1) is 10.6 Å². The van der Waals surface area contributed by atoms with Gasteiger partial charge in [-0.3, -0.25) is 0 Å². The van der Waals surface area contributed by atoms with Crippen LogP contribution in [0.5, 0.6) is 0 Å². The molecular formula is C11H11N3S2. The maximum atomic E-state index is 4.64. The van der Waals surface area contributed by atoms with Gasteiger partial charge in [0.25, 0.3) is 0 Å². The number of hydrogen-bond acceptors (Lipinski definition) is 5. The molecule has 1 aliphatic rings. The van der Waals surface area contributed by atoms with Gasteiger partial charge in [0, 0.05) is 24.1 Å². The molecule has 1 aliphatic heterocycles. The fraction of sp³-hybridized carbons (Fsp3) is 0.273. The highest BCUT2D eigenvalue weighted by Crippen LogP contribution is 2.34. The van der Waals surface area contributed by atoms with E-state index in [0.717, 1.165) is 28.0 Å². The molecule has 3 rings (SSSR count). The van der Waals surface area contributed by atoms with Crippen molar-refractivity contribution in [1.82, 2.24) is 9.97 Å². The number of thioether (sulfide) groups is 1. The van der Waals surface area contributed by atoms with Gasteiger partial charge in [-0.05, 0) is 11.4 Å². The fourth-order valence-corrected chi connectivity index (χ4v) is 3.47. The van der Waals surface area contributed by atoms with E-state index in [1.54, 1.807) is 11.3 Å². The minimum atomic E-state index is 0.848. The summed E-state index contributed by atoms with van der Waals surface area (Å²) in [5, 5.41) is 5.23. The second kappa shape index (κ2) is 4.07. The van der Waals surface area contributed by atoms with Crippen molar-refractivity contribution in [2.24, 2.45) is 0 Å². The Morgan fingerprint density at radius 3 is 3.00 bits per heavy atom. The molecule has 0 spiro atoms. The number of nitrogens with one attached hydrogen (secondary N) is 1. The third-order valence-electron chi connectivity index (χ3n) is 2.56. The van der Waals surface area contributed by atoms with E-state index in [0.29, 0.717) is 0 Å². The van der Waals surface area contributed by atoms with E-state index in [4.69, 9.17) is 0 Å². The first-order chi connectivity index (χ1) is 7.88. The van der Waals surface area contributed by atoms with E-state index in [9.17, 15) is 0 Å². The van der Waals surface area contributed by atoms with Crippen LogP contribution in [0.25, 0.3) is 10.7 Å². The zero-order chi connectivity index (χ0) is 11.0. The van der Waals surface area contributed by atoms with Crippen molar-refractivity contribution in [3.05, 3.63) is 28.8 Å². The summed E-state index contributed by atoms with van der Waals surface area (Å²) < 4.78 is 0. The summed E-state index contributed by atoms with van der Waals surface area (Å²) in [6.07, 6.45) is 0. The van der Waals surface area contributed by atoms with Crippen molar-refractivity contribution in [1.29, 1.82) is 0 Å². The molecule has 16 heavy (non-hydrogen) atoms. The van der Waals surface area contributed by atoms with Crippen molar-refractivity contribution in [3.8, 4) is 10.7 Å². The van der Waals surface area contributed by atoms with E-state index in [2.05, 4.69) is 26.7 Å². The predicted molar refractivity (Wildman–Crippen MR) is 69.9 cm³/mol. The van der Waals surface area contributed by atoms with Gasteiger partial charge in [0.15, 0.2) is 5.82 Å². The number of hydrogen-bond donors (Lipinski definition) is 1. The maximum absolute atomic E-state index is 4.64. The lowest BCUT2D eigenvalue weighted by molar-refractivity contribution is 1.08. The number of thiophene rings is 1. The Labute approximate surface area is 102 Å². The summed E-state index contributed by atoms with van der Waals surface area (Å²) in [6, 6.07) is 4.10. The second-order valence-electron chi connectivity index (χ2n) is 3.54. The molecule has 0 saturated heterocycles. The first-order valence-corrected chi connectivity index (χ1v) is 7.11. The quantitative estimate of drug-likeness (QED) is 0.888. The summed E-state index contributed by atoms with van der Waals surface area (Å²) in [6.45, 7) is 0. The van der Waals surface area contributed by atoms with Gasteiger partial charge in [0.1, 0.15) is 5.82 Å². The standard InChI is InChI=1S/C11H11N3S2/c1-12-10-7-5-15-6-8(7)13-11(14-10)9-3-2-4-16-9/h2-4H,5-6H2,1H3,(H,12,13,14). The van der Waals surface area contributed by atoms with Crippen LogP contribution in [0.3, 0.4) is 0 Å². The highest BCUT2D eigenvalue weighted by Gasteiger charge is 2.19. The Bertz CT molecular complexity index is 508. The third kappa shape index (κ3) is 1.60. The van der Waals surface area contributed by atoms with Crippen LogP contribution in [0.1, 0.15) is 11.3 Å². The molecule has 2 aromatic rings. The largest absolute Gasteiger partial charge is 0.373 e. The zero-order valence-corrected chi connectivity index (χ0v) is 10.5. The lowest BCUT2D eigenvalue weighted by Crippen LogP contribution is -2.02. The molecule has 0 bridgehead atoms. The Morgan fingerprint density at radius 1 is 1.31 bits per heavy atom. The predicted octanol–water partition coefficient (Wildman–Crippen LogP) is 2.99. The number of fused-ring (bicyclic) bond motifs is 1. The van der Waals surface area contributed by atoms with Crippen LogP contribution in [0.4, 0.5) is 5.82 Å². The third-order valence-corrected chi connectivity index (χ3v) is 4.39. The van der Waals surface area contributed by atoms with Crippen molar-refractivity contribution in [2.45, 2.75) is 11.5 Å². The minimum Gasteiger partial charge on any atom is -0.373 e. The molecule has 0 saturated carbocycles. The first kappa shape index (κ1) is 10.1. The molecule has 3 heterocycles. The van der Waals surface area contributed by atoms with Gasteiger partial charge in [-0.25, -0.2) is 9.97 Å². The molecule has 0 radical (unpaired) electrons. The highest BCUT2D eigenvalue weighted by molar-refractivity contribution is 7.98. The Balaban J connectivity index is 2.15. The molecule has 0 amide bonds. The minimum absolute atomic E-state index is 0.848. The van der Waals surface area contributed by atoms with Gasteiger partial charge >= 0.3 is 0 Å². The summed E-state index contributed by atoms with van der Waals surface area (Å²) >= 11 is 3.58. The van der Waals surface area contributed by atoms with Gasteiger partial charge < -0.3 is 5.32 Å². The molecule has 0 aliphatic carbocycles. The lowest BCUT2D eigenvalue weighted by Gasteiger charge is -2.07. The average Bonchev–Trinajstić information content (AvgIpc) is 2.97. The van der Waals surface area contributed by atoms with E-state index < -0.39 is 0 Å². The molecular weight excluding hydrogens is 238 g/mol. The molecule has 0 unspecified atom stereocenters. The Kier molecular flexibility index (Phi) is 2.57. The lowest BCUT2D eigenvalue weighted by atomic mass is 10.2. The number of anilines is 1. The van der Waals surface area contributed by atoms with Crippen LogP contribution in [0.2, 0.25) is 0 Å². The normalized spacial score (nSPS) is 13.8. The van der Waals surface area contributed by atoms with Crippen LogP contribution in [-0.2, 0) is 11.5 Å². The monoisotopic (exact) mass is 249 g/mol. The van der Waals surface area contributed by atoms with E-state index in [-0.39, 0.29) is 0 Å².